The Morgan fingerprint density at radius 1 is 1.12 bits per heavy atom. The number of carbonyl (C=O) groups is 1. The molecule has 1 saturated heterocycles. The summed E-state index contributed by atoms with van der Waals surface area (Å²) in [5.41, 5.74) is 0.941. The van der Waals surface area contributed by atoms with Crippen molar-refractivity contribution in [2.45, 2.75) is 44.4 Å². The number of sulfonamides is 1. The summed E-state index contributed by atoms with van der Waals surface area (Å²) < 4.78 is 33.7. The standard InChI is InChI=1S/C24H30BrN3O4S2/c1-17(2)12-15-32-22-11-6-18(25)16-21(22)23(29)27-24(33)26-19-7-9-20(10-8-19)34(30,31)28-13-4-3-5-14-28/h6-11,16-17H,3-5,12-15H2,1-2H3,(H2,26,27,29,33). The zero-order chi connectivity index (χ0) is 24.7. The van der Waals surface area contributed by atoms with Gasteiger partial charge in [0.1, 0.15) is 5.75 Å². The van der Waals surface area contributed by atoms with Crippen molar-refractivity contribution in [3.05, 3.63) is 52.5 Å². The molecular formula is C24H30BrN3O4S2. The van der Waals surface area contributed by atoms with Crippen molar-refractivity contribution in [1.29, 1.82) is 0 Å². The third kappa shape index (κ3) is 7.24. The summed E-state index contributed by atoms with van der Waals surface area (Å²) in [4.78, 5) is 13.1. The fourth-order valence-electron chi connectivity index (χ4n) is 3.51. The van der Waals surface area contributed by atoms with E-state index in [1.165, 1.54) is 4.31 Å². The molecule has 1 heterocycles. The second-order valence-electron chi connectivity index (χ2n) is 8.57. The Hall–Kier alpha value is -2.01. The quantitative estimate of drug-likeness (QED) is 0.427. The zero-order valence-electron chi connectivity index (χ0n) is 19.3. The van der Waals surface area contributed by atoms with Crippen molar-refractivity contribution in [1.82, 2.24) is 9.62 Å². The first-order valence-electron chi connectivity index (χ1n) is 11.3. The fourth-order valence-corrected chi connectivity index (χ4v) is 5.60. The Bertz CT molecular complexity index is 1120. The number of nitrogens with zero attached hydrogens (tertiary/aromatic N) is 1. The van der Waals surface area contributed by atoms with Gasteiger partial charge < -0.3 is 10.1 Å². The van der Waals surface area contributed by atoms with Crippen LogP contribution in [0, 0.1) is 5.92 Å². The Balaban J connectivity index is 1.62. The van der Waals surface area contributed by atoms with Crippen molar-refractivity contribution in [2.75, 3.05) is 25.0 Å². The molecule has 184 valence electrons. The van der Waals surface area contributed by atoms with Gasteiger partial charge in [-0.05, 0) is 79.9 Å². The molecule has 0 bridgehead atoms. The maximum atomic E-state index is 12.9. The summed E-state index contributed by atoms with van der Waals surface area (Å²) in [6, 6.07) is 11.6. The summed E-state index contributed by atoms with van der Waals surface area (Å²) in [5.74, 6) is 0.574. The molecule has 7 nitrogen and oxygen atoms in total. The minimum absolute atomic E-state index is 0.102. The van der Waals surface area contributed by atoms with Gasteiger partial charge in [0.15, 0.2) is 5.11 Å². The number of hydrogen-bond acceptors (Lipinski definition) is 5. The van der Waals surface area contributed by atoms with Crippen LogP contribution in [0.25, 0.3) is 0 Å². The molecule has 34 heavy (non-hydrogen) atoms. The van der Waals surface area contributed by atoms with Gasteiger partial charge in [-0.1, -0.05) is 36.2 Å². The van der Waals surface area contributed by atoms with E-state index in [0.29, 0.717) is 42.6 Å². The number of nitrogens with one attached hydrogen (secondary N) is 2. The molecule has 1 amide bonds. The third-order valence-corrected chi connectivity index (χ3v) is 8.04. The number of thiocarbonyl (C=S) groups is 1. The molecule has 2 aromatic carbocycles. The molecule has 10 heteroatoms. The van der Waals surface area contributed by atoms with Crippen LogP contribution in [0.4, 0.5) is 5.69 Å². The van der Waals surface area contributed by atoms with Crippen molar-refractivity contribution in [3.8, 4) is 5.75 Å². The van der Waals surface area contributed by atoms with E-state index in [0.717, 1.165) is 30.2 Å². The molecule has 2 aromatic rings. The van der Waals surface area contributed by atoms with Gasteiger partial charge in [-0.25, -0.2) is 8.42 Å². The average molecular weight is 569 g/mol. The molecule has 0 saturated carbocycles. The number of anilines is 1. The molecule has 1 fully saturated rings. The summed E-state index contributed by atoms with van der Waals surface area (Å²) >= 11 is 8.69. The third-order valence-electron chi connectivity index (χ3n) is 5.43. The first-order chi connectivity index (χ1) is 16.2. The second-order valence-corrected chi connectivity index (χ2v) is 11.8. The lowest BCUT2D eigenvalue weighted by Crippen LogP contribution is -2.35. The SMILES string of the molecule is CC(C)CCOc1ccc(Br)cc1C(=O)NC(=S)Nc1ccc(S(=O)(=O)N2CCCCC2)cc1. The van der Waals surface area contributed by atoms with E-state index in [1.54, 1.807) is 36.4 Å². The van der Waals surface area contributed by atoms with Crippen molar-refractivity contribution < 1.29 is 17.9 Å². The number of rotatable bonds is 8. The van der Waals surface area contributed by atoms with Gasteiger partial charge in [0.25, 0.3) is 5.91 Å². The van der Waals surface area contributed by atoms with Crippen LogP contribution in [0.15, 0.2) is 51.8 Å². The number of benzene rings is 2. The van der Waals surface area contributed by atoms with Crippen LogP contribution in [0.5, 0.6) is 5.75 Å². The van der Waals surface area contributed by atoms with Crippen LogP contribution < -0.4 is 15.4 Å². The monoisotopic (exact) mass is 567 g/mol. The van der Waals surface area contributed by atoms with Gasteiger partial charge in [-0.2, -0.15) is 4.31 Å². The highest BCUT2D eigenvalue weighted by Crippen LogP contribution is 2.24. The first-order valence-corrected chi connectivity index (χ1v) is 14.0. The van der Waals surface area contributed by atoms with E-state index >= 15 is 0 Å². The summed E-state index contributed by atoms with van der Waals surface area (Å²) in [5, 5.41) is 5.70. The topological polar surface area (TPSA) is 87.7 Å². The van der Waals surface area contributed by atoms with E-state index in [9.17, 15) is 13.2 Å². The number of hydrogen-bond donors (Lipinski definition) is 2. The van der Waals surface area contributed by atoms with Crippen LogP contribution in [0.3, 0.4) is 0 Å². The van der Waals surface area contributed by atoms with E-state index in [-0.39, 0.29) is 10.0 Å². The maximum absolute atomic E-state index is 12.9. The normalized spacial score (nSPS) is 14.6. The number of piperidine rings is 1. The van der Waals surface area contributed by atoms with Crippen LogP contribution in [0.1, 0.15) is 49.9 Å². The molecule has 0 aliphatic carbocycles. The molecule has 3 rings (SSSR count). The molecule has 1 aliphatic rings. The minimum Gasteiger partial charge on any atom is -0.493 e. The maximum Gasteiger partial charge on any atom is 0.261 e. The summed E-state index contributed by atoms with van der Waals surface area (Å²) in [7, 11) is -3.50. The summed E-state index contributed by atoms with van der Waals surface area (Å²) in [6.07, 6.45) is 3.70. The van der Waals surface area contributed by atoms with Crippen LogP contribution in [-0.4, -0.2) is 43.4 Å². The highest BCUT2D eigenvalue weighted by Gasteiger charge is 2.25. The molecule has 0 spiro atoms. The lowest BCUT2D eigenvalue weighted by molar-refractivity contribution is 0.0973. The number of ether oxygens (including phenoxy) is 1. The predicted molar refractivity (Wildman–Crippen MR) is 142 cm³/mol. The van der Waals surface area contributed by atoms with Gasteiger partial charge >= 0.3 is 0 Å². The molecule has 1 aliphatic heterocycles. The Kier molecular flexibility index (Phi) is 9.47. The second kappa shape index (κ2) is 12.1. The van der Waals surface area contributed by atoms with E-state index in [1.807, 2.05) is 6.07 Å². The van der Waals surface area contributed by atoms with E-state index < -0.39 is 15.9 Å². The predicted octanol–water partition coefficient (Wildman–Crippen LogP) is 5.18. The summed E-state index contributed by atoms with van der Waals surface area (Å²) in [6.45, 7) is 5.83. The van der Waals surface area contributed by atoms with Gasteiger partial charge in [0, 0.05) is 23.2 Å². The molecule has 0 atom stereocenters. The highest BCUT2D eigenvalue weighted by molar-refractivity contribution is 9.10. The Morgan fingerprint density at radius 2 is 1.79 bits per heavy atom. The van der Waals surface area contributed by atoms with E-state index in [4.69, 9.17) is 17.0 Å². The van der Waals surface area contributed by atoms with E-state index in [2.05, 4.69) is 40.4 Å². The zero-order valence-corrected chi connectivity index (χ0v) is 22.6. The minimum atomic E-state index is -3.50. The number of amides is 1. The van der Waals surface area contributed by atoms with Gasteiger partial charge in [0.2, 0.25) is 10.0 Å². The van der Waals surface area contributed by atoms with Crippen molar-refractivity contribution in [2.24, 2.45) is 5.92 Å². The first kappa shape index (κ1) is 26.6. The Morgan fingerprint density at radius 3 is 2.44 bits per heavy atom. The van der Waals surface area contributed by atoms with Crippen LogP contribution in [-0.2, 0) is 10.0 Å². The smallest absolute Gasteiger partial charge is 0.261 e. The average Bonchev–Trinajstić information content (AvgIpc) is 2.80. The van der Waals surface area contributed by atoms with Crippen LogP contribution >= 0.6 is 28.1 Å². The molecule has 0 unspecified atom stereocenters. The molecule has 2 N–H and O–H groups in total. The lowest BCUT2D eigenvalue weighted by Gasteiger charge is -2.25. The Labute approximate surface area is 215 Å². The molecule has 0 radical (unpaired) electrons. The van der Waals surface area contributed by atoms with Crippen molar-refractivity contribution in [3.63, 3.8) is 0 Å². The fraction of sp³-hybridized carbons (Fsp3) is 0.417. The van der Waals surface area contributed by atoms with Gasteiger partial charge in [-0.15, -0.1) is 0 Å². The molecular weight excluding hydrogens is 538 g/mol. The van der Waals surface area contributed by atoms with Crippen LogP contribution in [0.2, 0.25) is 0 Å². The van der Waals surface area contributed by atoms with Crippen molar-refractivity contribution >= 4 is 54.9 Å². The number of carbonyl (C=O) groups excluding carboxylic acids is 1. The largest absolute Gasteiger partial charge is 0.493 e. The van der Waals surface area contributed by atoms with Gasteiger partial charge in [0.05, 0.1) is 17.1 Å². The highest BCUT2D eigenvalue weighted by atomic mass is 79.9. The molecule has 0 aromatic heterocycles. The number of halogens is 1. The lowest BCUT2D eigenvalue weighted by atomic mass is 10.1. The van der Waals surface area contributed by atoms with Gasteiger partial charge in [-0.3, -0.25) is 10.1 Å².